The topological polar surface area (TPSA) is 98.2 Å². The van der Waals surface area contributed by atoms with E-state index in [0.717, 1.165) is 10.0 Å². The van der Waals surface area contributed by atoms with E-state index >= 15 is 0 Å². The van der Waals surface area contributed by atoms with E-state index in [0.29, 0.717) is 16.9 Å². The molecule has 2 aromatic carbocycles. The molecule has 6 heteroatoms. The third kappa shape index (κ3) is 4.06. The van der Waals surface area contributed by atoms with Crippen LogP contribution in [0.3, 0.4) is 0 Å². The van der Waals surface area contributed by atoms with E-state index < -0.39 is 5.91 Å². The molecule has 2 rings (SSSR count). The van der Waals surface area contributed by atoms with E-state index in [1.54, 1.807) is 42.5 Å². The zero-order valence-electron chi connectivity index (χ0n) is 11.1. The van der Waals surface area contributed by atoms with E-state index in [-0.39, 0.29) is 12.3 Å². The van der Waals surface area contributed by atoms with Gasteiger partial charge in [0.15, 0.2) is 0 Å². The van der Waals surface area contributed by atoms with Crippen LogP contribution < -0.4 is 16.8 Å². The van der Waals surface area contributed by atoms with Gasteiger partial charge in [-0.25, -0.2) is 0 Å². The summed E-state index contributed by atoms with van der Waals surface area (Å²) in [5, 5.41) is 2.76. The number of nitrogens with two attached hydrogens (primary N) is 2. The van der Waals surface area contributed by atoms with E-state index in [1.165, 1.54) is 0 Å². The maximum absolute atomic E-state index is 12.1. The monoisotopic (exact) mass is 347 g/mol. The Hall–Kier alpha value is -2.34. The standard InChI is InChI=1S/C15H14BrN3O2/c16-12-6-3-10(8-13(12)17)15(21)19-11-4-1-9(2-5-11)7-14(18)20/h1-6,8H,7,17H2,(H2,18,20)(H,19,21). The number of benzene rings is 2. The van der Waals surface area contributed by atoms with Crippen molar-refractivity contribution in [3.05, 3.63) is 58.1 Å². The Labute approximate surface area is 130 Å². The number of halogens is 1. The van der Waals surface area contributed by atoms with Gasteiger partial charge in [0.1, 0.15) is 0 Å². The lowest BCUT2D eigenvalue weighted by atomic mass is 10.1. The lowest BCUT2D eigenvalue weighted by molar-refractivity contribution is -0.117. The van der Waals surface area contributed by atoms with Crippen LogP contribution in [-0.4, -0.2) is 11.8 Å². The molecule has 0 unspecified atom stereocenters. The second-order valence-corrected chi connectivity index (χ2v) is 5.38. The maximum Gasteiger partial charge on any atom is 0.255 e. The molecular formula is C15H14BrN3O2. The summed E-state index contributed by atoms with van der Waals surface area (Å²) in [7, 11) is 0. The molecule has 0 spiro atoms. The third-order valence-electron chi connectivity index (χ3n) is 2.85. The summed E-state index contributed by atoms with van der Waals surface area (Å²) in [5.74, 6) is -0.644. The highest BCUT2D eigenvalue weighted by atomic mass is 79.9. The van der Waals surface area contributed by atoms with Crippen molar-refractivity contribution in [1.82, 2.24) is 0 Å². The average Bonchev–Trinajstić information content (AvgIpc) is 2.43. The van der Waals surface area contributed by atoms with Gasteiger partial charge in [-0.3, -0.25) is 9.59 Å². The molecule has 0 fully saturated rings. The van der Waals surface area contributed by atoms with Crippen LogP contribution in [0.4, 0.5) is 11.4 Å². The molecule has 0 saturated heterocycles. The lowest BCUT2D eigenvalue weighted by Gasteiger charge is -2.07. The van der Waals surface area contributed by atoms with Gasteiger partial charge in [0.25, 0.3) is 5.91 Å². The SMILES string of the molecule is NC(=O)Cc1ccc(NC(=O)c2ccc(Br)c(N)c2)cc1. The number of primary amides is 1. The second-order valence-electron chi connectivity index (χ2n) is 4.53. The molecule has 0 aliphatic carbocycles. The zero-order chi connectivity index (χ0) is 15.4. The number of carbonyl (C=O) groups excluding carboxylic acids is 2. The van der Waals surface area contributed by atoms with Gasteiger partial charge in [-0.2, -0.15) is 0 Å². The summed E-state index contributed by atoms with van der Waals surface area (Å²) in [5.41, 5.74) is 13.3. The van der Waals surface area contributed by atoms with E-state index in [9.17, 15) is 9.59 Å². The van der Waals surface area contributed by atoms with Gasteiger partial charge < -0.3 is 16.8 Å². The highest BCUT2D eigenvalue weighted by Gasteiger charge is 2.08. The fourth-order valence-corrected chi connectivity index (χ4v) is 2.04. The highest BCUT2D eigenvalue weighted by molar-refractivity contribution is 9.10. The van der Waals surface area contributed by atoms with Crippen LogP contribution in [0.1, 0.15) is 15.9 Å². The minimum atomic E-state index is -0.392. The molecule has 0 aliphatic rings. The predicted octanol–water partition coefficient (Wildman–Crippen LogP) is 2.31. The Morgan fingerprint density at radius 3 is 2.33 bits per heavy atom. The number of hydrogen-bond acceptors (Lipinski definition) is 3. The Kier molecular flexibility index (Phi) is 4.59. The van der Waals surface area contributed by atoms with Crippen LogP contribution in [-0.2, 0) is 11.2 Å². The molecule has 2 amide bonds. The first-order chi connectivity index (χ1) is 9.95. The van der Waals surface area contributed by atoms with Gasteiger partial charge >= 0.3 is 0 Å². The summed E-state index contributed by atoms with van der Waals surface area (Å²) in [6.45, 7) is 0. The van der Waals surface area contributed by atoms with Crippen molar-refractivity contribution in [2.45, 2.75) is 6.42 Å². The fourth-order valence-electron chi connectivity index (χ4n) is 1.80. The van der Waals surface area contributed by atoms with Gasteiger partial charge in [0, 0.05) is 21.4 Å². The summed E-state index contributed by atoms with van der Waals surface area (Å²) in [4.78, 5) is 22.9. The van der Waals surface area contributed by atoms with Gasteiger partial charge in [-0.15, -0.1) is 0 Å². The minimum Gasteiger partial charge on any atom is -0.398 e. The largest absolute Gasteiger partial charge is 0.398 e. The Morgan fingerprint density at radius 2 is 1.76 bits per heavy atom. The Morgan fingerprint density at radius 1 is 1.10 bits per heavy atom. The van der Waals surface area contributed by atoms with Gasteiger partial charge in [-0.05, 0) is 51.8 Å². The number of carbonyl (C=O) groups is 2. The number of anilines is 2. The molecule has 5 N–H and O–H groups in total. The van der Waals surface area contributed by atoms with Crippen LogP contribution in [0.5, 0.6) is 0 Å². The molecule has 0 aromatic heterocycles. The quantitative estimate of drug-likeness (QED) is 0.740. The molecular weight excluding hydrogens is 334 g/mol. The van der Waals surface area contributed by atoms with E-state index in [2.05, 4.69) is 21.2 Å². The van der Waals surface area contributed by atoms with Crippen molar-refractivity contribution in [2.24, 2.45) is 5.73 Å². The molecule has 0 atom stereocenters. The molecule has 0 bridgehead atoms. The van der Waals surface area contributed by atoms with Gasteiger partial charge in [-0.1, -0.05) is 12.1 Å². The van der Waals surface area contributed by atoms with E-state index in [4.69, 9.17) is 11.5 Å². The predicted molar refractivity (Wildman–Crippen MR) is 85.8 cm³/mol. The van der Waals surface area contributed by atoms with Crippen LogP contribution in [0.2, 0.25) is 0 Å². The van der Waals surface area contributed by atoms with Crippen molar-refractivity contribution in [1.29, 1.82) is 0 Å². The zero-order valence-corrected chi connectivity index (χ0v) is 12.7. The van der Waals surface area contributed by atoms with Gasteiger partial charge in [0.2, 0.25) is 5.91 Å². The molecule has 5 nitrogen and oxygen atoms in total. The van der Waals surface area contributed by atoms with Crippen molar-refractivity contribution in [3.63, 3.8) is 0 Å². The van der Waals surface area contributed by atoms with Crippen molar-refractivity contribution < 1.29 is 9.59 Å². The first-order valence-corrected chi connectivity index (χ1v) is 6.98. The van der Waals surface area contributed by atoms with Crippen molar-refractivity contribution in [2.75, 3.05) is 11.1 Å². The first kappa shape index (κ1) is 15.1. The third-order valence-corrected chi connectivity index (χ3v) is 3.57. The average molecular weight is 348 g/mol. The van der Waals surface area contributed by atoms with Crippen molar-refractivity contribution >= 4 is 39.1 Å². The number of hydrogen-bond donors (Lipinski definition) is 3. The summed E-state index contributed by atoms with van der Waals surface area (Å²) < 4.78 is 0.745. The van der Waals surface area contributed by atoms with Crippen LogP contribution >= 0.6 is 15.9 Å². The van der Waals surface area contributed by atoms with Crippen LogP contribution in [0.25, 0.3) is 0 Å². The molecule has 21 heavy (non-hydrogen) atoms. The molecule has 108 valence electrons. The van der Waals surface area contributed by atoms with Crippen LogP contribution in [0.15, 0.2) is 46.9 Å². The maximum atomic E-state index is 12.1. The highest BCUT2D eigenvalue weighted by Crippen LogP contribution is 2.21. The Balaban J connectivity index is 2.08. The summed E-state index contributed by atoms with van der Waals surface area (Å²) >= 11 is 3.28. The first-order valence-electron chi connectivity index (χ1n) is 6.19. The lowest BCUT2D eigenvalue weighted by Crippen LogP contribution is -2.14. The van der Waals surface area contributed by atoms with Crippen LogP contribution in [0, 0.1) is 0 Å². The summed E-state index contributed by atoms with van der Waals surface area (Å²) in [6, 6.07) is 11.9. The normalized spacial score (nSPS) is 10.1. The number of rotatable bonds is 4. The Bertz CT molecular complexity index is 684. The number of amides is 2. The smallest absolute Gasteiger partial charge is 0.255 e. The molecule has 2 aromatic rings. The molecule has 0 heterocycles. The molecule has 0 saturated carbocycles. The molecule has 0 radical (unpaired) electrons. The minimum absolute atomic E-state index is 0.178. The summed E-state index contributed by atoms with van der Waals surface area (Å²) in [6.07, 6.45) is 0.178. The van der Waals surface area contributed by atoms with Crippen molar-refractivity contribution in [3.8, 4) is 0 Å². The fraction of sp³-hybridized carbons (Fsp3) is 0.0667. The van der Waals surface area contributed by atoms with Gasteiger partial charge in [0.05, 0.1) is 6.42 Å². The number of nitrogens with one attached hydrogen (secondary N) is 1. The second kappa shape index (κ2) is 6.41. The number of nitrogen functional groups attached to an aromatic ring is 1. The van der Waals surface area contributed by atoms with E-state index in [1.807, 2.05) is 0 Å². The molecule has 0 aliphatic heterocycles.